The van der Waals surface area contributed by atoms with Gasteiger partial charge in [0.05, 0.1) is 7.11 Å². The van der Waals surface area contributed by atoms with Crippen LogP contribution in [0.1, 0.15) is 26.3 Å². The maximum Gasteiger partial charge on any atom is 0.322 e. The van der Waals surface area contributed by atoms with Crippen LogP contribution in [0.5, 0.6) is 5.75 Å². The molecule has 9 heteroatoms. The van der Waals surface area contributed by atoms with Gasteiger partial charge in [-0.1, -0.05) is 19.9 Å². The van der Waals surface area contributed by atoms with Crippen molar-refractivity contribution in [2.45, 2.75) is 38.3 Å². The molecule has 0 spiro atoms. The van der Waals surface area contributed by atoms with Gasteiger partial charge in [-0.15, -0.1) is 0 Å². The number of amides is 1. The molecular formula is C15H22N2O6S. The Bertz CT molecular complexity index is 715. The van der Waals surface area contributed by atoms with E-state index in [9.17, 15) is 23.1 Å². The number of nitrogens with one attached hydrogen (secondary N) is 2. The van der Waals surface area contributed by atoms with Crippen molar-refractivity contribution in [2.75, 3.05) is 7.11 Å². The van der Waals surface area contributed by atoms with Crippen LogP contribution in [-0.4, -0.2) is 38.6 Å². The second-order valence-electron chi connectivity index (χ2n) is 5.58. The molecule has 1 rings (SSSR count). The van der Waals surface area contributed by atoms with Crippen LogP contribution in [0.2, 0.25) is 0 Å². The van der Waals surface area contributed by atoms with Gasteiger partial charge in [-0.3, -0.25) is 9.59 Å². The van der Waals surface area contributed by atoms with Crippen molar-refractivity contribution < 1.29 is 27.9 Å². The van der Waals surface area contributed by atoms with E-state index in [0.29, 0.717) is 5.56 Å². The molecule has 0 heterocycles. The Morgan fingerprint density at radius 3 is 2.38 bits per heavy atom. The van der Waals surface area contributed by atoms with Crippen LogP contribution in [0.3, 0.4) is 0 Å². The summed E-state index contributed by atoms with van der Waals surface area (Å²) in [7, 11) is -2.80. The fourth-order valence-corrected chi connectivity index (χ4v) is 3.53. The molecule has 1 aromatic carbocycles. The third-order valence-corrected chi connectivity index (χ3v) is 4.74. The number of hydrogen-bond acceptors (Lipinski definition) is 5. The summed E-state index contributed by atoms with van der Waals surface area (Å²) in [5, 5.41) is 11.7. The number of carboxylic acid groups (broad SMARTS) is 1. The van der Waals surface area contributed by atoms with E-state index in [1.54, 1.807) is 19.9 Å². The van der Waals surface area contributed by atoms with Crippen molar-refractivity contribution >= 4 is 21.9 Å². The Morgan fingerprint density at radius 1 is 1.29 bits per heavy atom. The number of benzene rings is 1. The minimum atomic E-state index is -4.12. The van der Waals surface area contributed by atoms with Crippen LogP contribution in [0.4, 0.5) is 0 Å². The van der Waals surface area contributed by atoms with Gasteiger partial charge in [-0.25, -0.2) is 8.42 Å². The highest BCUT2D eigenvalue weighted by Crippen LogP contribution is 2.25. The first-order valence-electron chi connectivity index (χ1n) is 7.25. The average molecular weight is 358 g/mol. The van der Waals surface area contributed by atoms with Gasteiger partial charge >= 0.3 is 5.97 Å². The molecule has 0 aromatic heterocycles. The predicted octanol–water partition coefficient (Wildman–Crippen LogP) is 0.719. The molecule has 24 heavy (non-hydrogen) atoms. The molecular weight excluding hydrogens is 336 g/mol. The van der Waals surface area contributed by atoms with Gasteiger partial charge in [-0.05, 0) is 23.6 Å². The molecule has 3 N–H and O–H groups in total. The van der Waals surface area contributed by atoms with E-state index in [1.807, 2.05) is 0 Å². The Morgan fingerprint density at radius 2 is 1.92 bits per heavy atom. The van der Waals surface area contributed by atoms with Gasteiger partial charge < -0.3 is 15.2 Å². The number of rotatable bonds is 8. The highest BCUT2D eigenvalue weighted by atomic mass is 32.2. The smallest absolute Gasteiger partial charge is 0.322 e. The van der Waals surface area contributed by atoms with Crippen LogP contribution < -0.4 is 14.8 Å². The summed E-state index contributed by atoms with van der Waals surface area (Å²) in [4.78, 5) is 22.0. The maximum atomic E-state index is 12.6. The lowest BCUT2D eigenvalue weighted by atomic mass is 10.1. The number of aliphatic carboxylic acids is 1. The fraction of sp³-hybridized carbons (Fsp3) is 0.467. The van der Waals surface area contributed by atoms with E-state index in [-0.39, 0.29) is 23.1 Å². The molecule has 1 atom stereocenters. The van der Waals surface area contributed by atoms with Gasteiger partial charge in [-0.2, -0.15) is 4.72 Å². The van der Waals surface area contributed by atoms with E-state index in [0.717, 1.165) is 0 Å². The zero-order valence-corrected chi connectivity index (χ0v) is 14.8. The summed E-state index contributed by atoms with van der Waals surface area (Å²) in [6.45, 7) is 4.70. The highest BCUT2D eigenvalue weighted by molar-refractivity contribution is 7.89. The van der Waals surface area contributed by atoms with Gasteiger partial charge in [0.15, 0.2) is 0 Å². The third-order valence-electron chi connectivity index (χ3n) is 3.27. The number of hydrogen-bond donors (Lipinski definition) is 3. The van der Waals surface area contributed by atoms with Gasteiger partial charge in [0.1, 0.15) is 16.7 Å². The molecule has 0 fully saturated rings. The van der Waals surface area contributed by atoms with Gasteiger partial charge in [0.2, 0.25) is 15.9 Å². The van der Waals surface area contributed by atoms with Crippen LogP contribution in [0, 0.1) is 5.92 Å². The molecule has 0 saturated heterocycles. The normalized spacial score (nSPS) is 12.7. The van der Waals surface area contributed by atoms with E-state index in [1.165, 1.54) is 26.2 Å². The SMILES string of the molecule is COc1ccc(CNC(C)=O)cc1S(=O)(=O)N[C@H](C(=O)O)C(C)C. The molecule has 8 nitrogen and oxygen atoms in total. The molecule has 134 valence electrons. The lowest BCUT2D eigenvalue weighted by Gasteiger charge is -2.19. The number of carbonyl (C=O) groups excluding carboxylic acids is 1. The maximum absolute atomic E-state index is 12.6. The zero-order valence-electron chi connectivity index (χ0n) is 14.0. The number of sulfonamides is 1. The largest absolute Gasteiger partial charge is 0.495 e. The van der Waals surface area contributed by atoms with Crippen molar-refractivity contribution in [2.24, 2.45) is 5.92 Å². The van der Waals surface area contributed by atoms with Crippen molar-refractivity contribution in [1.82, 2.24) is 10.0 Å². The Hall–Kier alpha value is -2.13. The second-order valence-corrected chi connectivity index (χ2v) is 7.26. The van der Waals surface area contributed by atoms with Crippen LogP contribution in [0.15, 0.2) is 23.1 Å². The molecule has 0 saturated carbocycles. The Balaban J connectivity index is 3.22. The van der Waals surface area contributed by atoms with E-state index in [4.69, 9.17) is 4.74 Å². The van der Waals surface area contributed by atoms with Crippen molar-refractivity contribution in [3.63, 3.8) is 0 Å². The standard InChI is InChI=1S/C15H22N2O6S/c1-9(2)14(15(19)20)17-24(21,22)13-7-11(8-16-10(3)18)5-6-12(13)23-4/h5-7,9,14,17H,8H2,1-4H3,(H,16,18)(H,19,20)/t14-/m0/s1. The summed E-state index contributed by atoms with van der Waals surface area (Å²) < 4.78 is 32.4. The monoisotopic (exact) mass is 358 g/mol. The molecule has 0 bridgehead atoms. The van der Waals surface area contributed by atoms with E-state index in [2.05, 4.69) is 10.0 Å². The molecule has 0 radical (unpaired) electrons. The topological polar surface area (TPSA) is 122 Å². The molecule has 0 unspecified atom stereocenters. The van der Waals surface area contributed by atoms with E-state index < -0.39 is 28.0 Å². The second kappa shape index (κ2) is 8.11. The zero-order chi connectivity index (χ0) is 18.5. The Labute approximate surface area is 141 Å². The first kappa shape index (κ1) is 19.9. The molecule has 1 aromatic rings. The lowest BCUT2D eigenvalue weighted by molar-refractivity contribution is -0.140. The van der Waals surface area contributed by atoms with Gasteiger partial charge in [0.25, 0.3) is 0 Å². The van der Waals surface area contributed by atoms with Crippen LogP contribution in [-0.2, 0) is 26.2 Å². The van der Waals surface area contributed by atoms with Crippen LogP contribution in [0.25, 0.3) is 0 Å². The summed E-state index contributed by atoms with van der Waals surface area (Å²) in [6, 6.07) is 3.15. The first-order valence-corrected chi connectivity index (χ1v) is 8.73. The van der Waals surface area contributed by atoms with E-state index >= 15 is 0 Å². The van der Waals surface area contributed by atoms with Crippen molar-refractivity contribution in [3.05, 3.63) is 23.8 Å². The van der Waals surface area contributed by atoms with Crippen molar-refractivity contribution in [3.8, 4) is 5.75 Å². The number of carbonyl (C=O) groups is 2. The van der Waals surface area contributed by atoms with Crippen molar-refractivity contribution in [1.29, 1.82) is 0 Å². The summed E-state index contributed by atoms with van der Waals surface area (Å²) in [6.07, 6.45) is 0. The minimum absolute atomic E-state index is 0.0852. The number of methoxy groups -OCH3 is 1. The average Bonchev–Trinajstić information content (AvgIpc) is 2.49. The Kier molecular flexibility index (Phi) is 6.73. The van der Waals surface area contributed by atoms with Crippen LogP contribution >= 0.6 is 0 Å². The quantitative estimate of drug-likeness (QED) is 0.629. The fourth-order valence-electron chi connectivity index (χ4n) is 1.97. The lowest BCUT2D eigenvalue weighted by Crippen LogP contribution is -2.44. The number of ether oxygens (including phenoxy) is 1. The summed E-state index contributed by atoms with van der Waals surface area (Å²) in [5.41, 5.74) is 0.544. The molecule has 0 aliphatic rings. The summed E-state index contributed by atoms with van der Waals surface area (Å²) in [5.74, 6) is -1.87. The number of carboxylic acids is 1. The predicted molar refractivity (Wildman–Crippen MR) is 87.1 cm³/mol. The minimum Gasteiger partial charge on any atom is -0.495 e. The highest BCUT2D eigenvalue weighted by Gasteiger charge is 2.30. The molecule has 1 amide bonds. The first-order chi connectivity index (χ1) is 11.1. The third kappa shape index (κ3) is 5.20. The summed E-state index contributed by atoms with van der Waals surface area (Å²) >= 11 is 0. The molecule has 0 aliphatic carbocycles. The molecule has 0 aliphatic heterocycles. The van der Waals surface area contributed by atoms with Gasteiger partial charge in [0, 0.05) is 13.5 Å².